The highest BCUT2D eigenvalue weighted by molar-refractivity contribution is 9.10. The maximum Gasteiger partial charge on any atom is 0.153 e. The lowest BCUT2D eigenvalue weighted by Crippen LogP contribution is -2.52. The molecule has 0 radical (unpaired) electrons. The number of rotatable bonds is 6. The monoisotopic (exact) mass is 546 g/mol. The van der Waals surface area contributed by atoms with Crippen LogP contribution in [0.3, 0.4) is 0 Å². The summed E-state index contributed by atoms with van der Waals surface area (Å²) in [5, 5.41) is 11.4. The van der Waals surface area contributed by atoms with E-state index < -0.39 is 6.23 Å². The van der Waals surface area contributed by atoms with Gasteiger partial charge in [0.2, 0.25) is 0 Å². The standard InChI is InChI=1S/C24H28Br2N4O/c1-17-29(12-10-27)23-9-11-28(14-18-5-4-7-20(25)13-18)16-21(23)24(31)30(17)15-19-6-2-3-8-22(19)26/h2-8,13,24,31H,1,9-12,14-16,27H2. The number of nitrogens with zero attached hydrogens (tertiary/aromatic N) is 3. The average Bonchev–Trinajstić information content (AvgIpc) is 2.75. The molecule has 1 unspecified atom stereocenters. The van der Waals surface area contributed by atoms with Gasteiger partial charge in [0, 0.05) is 65.9 Å². The van der Waals surface area contributed by atoms with Gasteiger partial charge in [0.1, 0.15) is 5.82 Å². The van der Waals surface area contributed by atoms with Gasteiger partial charge in [0.25, 0.3) is 0 Å². The molecule has 2 aliphatic rings. The minimum absolute atomic E-state index is 0.538. The first-order valence-electron chi connectivity index (χ1n) is 10.5. The number of aliphatic hydroxyl groups is 1. The summed E-state index contributed by atoms with van der Waals surface area (Å²) in [4.78, 5) is 6.59. The van der Waals surface area contributed by atoms with Crippen LogP contribution in [-0.2, 0) is 13.1 Å². The molecule has 5 nitrogen and oxygen atoms in total. The second-order valence-corrected chi connectivity index (χ2v) is 9.78. The van der Waals surface area contributed by atoms with Gasteiger partial charge in [-0.2, -0.15) is 0 Å². The van der Waals surface area contributed by atoms with Gasteiger partial charge >= 0.3 is 0 Å². The van der Waals surface area contributed by atoms with E-state index in [9.17, 15) is 5.11 Å². The van der Waals surface area contributed by atoms with Crippen molar-refractivity contribution in [3.63, 3.8) is 0 Å². The lowest BCUT2D eigenvalue weighted by Gasteiger charge is -2.48. The van der Waals surface area contributed by atoms with E-state index in [1.165, 1.54) is 11.3 Å². The molecule has 0 saturated carbocycles. The smallest absolute Gasteiger partial charge is 0.153 e. The molecule has 2 aliphatic heterocycles. The topological polar surface area (TPSA) is 56.0 Å². The van der Waals surface area contributed by atoms with Crippen molar-refractivity contribution >= 4 is 31.9 Å². The summed E-state index contributed by atoms with van der Waals surface area (Å²) in [7, 11) is 0. The Morgan fingerprint density at radius 1 is 1.10 bits per heavy atom. The molecular formula is C24H28Br2N4O. The summed E-state index contributed by atoms with van der Waals surface area (Å²) in [5.41, 5.74) is 10.5. The van der Waals surface area contributed by atoms with E-state index in [0.29, 0.717) is 19.6 Å². The van der Waals surface area contributed by atoms with E-state index in [1.54, 1.807) is 0 Å². The molecule has 1 atom stereocenters. The minimum atomic E-state index is -0.700. The van der Waals surface area contributed by atoms with Gasteiger partial charge in [-0.1, -0.05) is 68.8 Å². The fraction of sp³-hybridized carbons (Fsp3) is 0.333. The van der Waals surface area contributed by atoms with Crippen molar-refractivity contribution in [2.75, 3.05) is 26.2 Å². The fourth-order valence-corrected chi connectivity index (χ4v) is 5.28. The van der Waals surface area contributed by atoms with Gasteiger partial charge in [-0.25, -0.2) is 0 Å². The predicted octanol–water partition coefficient (Wildman–Crippen LogP) is 4.24. The minimum Gasteiger partial charge on any atom is -0.369 e. The zero-order valence-electron chi connectivity index (χ0n) is 17.5. The summed E-state index contributed by atoms with van der Waals surface area (Å²) < 4.78 is 2.12. The first-order valence-corrected chi connectivity index (χ1v) is 12.1. The van der Waals surface area contributed by atoms with Crippen LogP contribution in [0.25, 0.3) is 0 Å². The first kappa shape index (κ1) is 22.6. The Bertz CT molecular complexity index is 993. The van der Waals surface area contributed by atoms with E-state index in [4.69, 9.17) is 5.73 Å². The third kappa shape index (κ3) is 4.91. The molecule has 0 aliphatic carbocycles. The van der Waals surface area contributed by atoms with Crippen molar-refractivity contribution in [2.45, 2.75) is 25.7 Å². The first-order chi connectivity index (χ1) is 15.0. The van der Waals surface area contributed by atoms with Gasteiger partial charge in [-0.3, -0.25) is 4.90 Å². The van der Waals surface area contributed by atoms with Crippen molar-refractivity contribution < 1.29 is 5.11 Å². The highest BCUT2D eigenvalue weighted by Crippen LogP contribution is 2.36. The van der Waals surface area contributed by atoms with Crippen LogP contribution in [0, 0.1) is 0 Å². The molecule has 0 amide bonds. The molecule has 0 saturated heterocycles. The number of halogens is 2. The molecular weight excluding hydrogens is 520 g/mol. The number of hydrogen-bond acceptors (Lipinski definition) is 5. The summed E-state index contributed by atoms with van der Waals surface area (Å²) in [5.74, 6) is 0.813. The molecule has 2 aromatic carbocycles. The molecule has 2 heterocycles. The number of benzene rings is 2. The molecule has 4 rings (SSSR count). The van der Waals surface area contributed by atoms with Crippen LogP contribution in [0.5, 0.6) is 0 Å². The van der Waals surface area contributed by atoms with Crippen molar-refractivity contribution in [3.05, 3.63) is 92.3 Å². The Hall–Kier alpha value is -1.64. The molecule has 164 valence electrons. The summed E-state index contributed by atoms with van der Waals surface area (Å²) in [6.07, 6.45) is 0.177. The lowest BCUT2D eigenvalue weighted by molar-refractivity contribution is 0.00333. The quantitative estimate of drug-likeness (QED) is 0.566. The summed E-state index contributed by atoms with van der Waals surface area (Å²) in [6, 6.07) is 16.5. The molecule has 0 fully saturated rings. The van der Waals surface area contributed by atoms with Crippen LogP contribution < -0.4 is 5.73 Å². The third-order valence-electron chi connectivity index (χ3n) is 5.95. The maximum atomic E-state index is 11.4. The van der Waals surface area contributed by atoms with E-state index in [1.807, 2.05) is 29.2 Å². The molecule has 0 aromatic heterocycles. The van der Waals surface area contributed by atoms with Crippen LogP contribution in [0.1, 0.15) is 17.5 Å². The van der Waals surface area contributed by atoms with Crippen LogP contribution in [0.2, 0.25) is 0 Å². The van der Waals surface area contributed by atoms with Gasteiger partial charge in [0.05, 0.1) is 0 Å². The fourth-order valence-electron chi connectivity index (χ4n) is 4.42. The molecule has 0 bridgehead atoms. The van der Waals surface area contributed by atoms with E-state index >= 15 is 0 Å². The summed E-state index contributed by atoms with van der Waals surface area (Å²) >= 11 is 7.20. The molecule has 3 N–H and O–H groups in total. The van der Waals surface area contributed by atoms with Crippen molar-refractivity contribution in [3.8, 4) is 0 Å². The Morgan fingerprint density at radius 3 is 2.65 bits per heavy atom. The van der Waals surface area contributed by atoms with Gasteiger partial charge in [-0.05, 0) is 29.3 Å². The molecule has 0 spiro atoms. The Kier molecular flexibility index (Phi) is 7.19. The number of nitrogens with two attached hydrogens (primary N) is 1. The van der Waals surface area contributed by atoms with Crippen LogP contribution in [0.4, 0.5) is 0 Å². The van der Waals surface area contributed by atoms with Crippen LogP contribution >= 0.6 is 31.9 Å². The Balaban J connectivity index is 1.59. The second-order valence-electron chi connectivity index (χ2n) is 8.01. The van der Waals surface area contributed by atoms with E-state index in [0.717, 1.165) is 52.0 Å². The van der Waals surface area contributed by atoms with Gasteiger partial charge in [-0.15, -0.1) is 0 Å². The Labute approximate surface area is 201 Å². The Morgan fingerprint density at radius 2 is 1.90 bits per heavy atom. The van der Waals surface area contributed by atoms with Gasteiger partial charge < -0.3 is 20.6 Å². The molecule has 31 heavy (non-hydrogen) atoms. The normalized spacial score (nSPS) is 19.7. The van der Waals surface area contributed by atoms with Crippen LogP contribution in [0.15, 0.2) is 81.1 Å². The third-order valence-corrected chi connectivity index (χ3v) is 7.22. The van der Waals surface area contributed by atoms with Crippen molar-refractivity contribution in [1.29, 1.82) is 0 Å². The van der Waals surface area contributed by atoms with E-state index in [-0.39, 0.29) is 0 Å². The predicted molar refractivity (Wildman–Crippen MR) is 132 cm³/mol. The van der Waals surface area contributed by atoms with Crippen molar-refractivity contribution in [2.24, 2.45) is 5.73 Å². The molecule has 7 heteroatoms. The van der Waals surface area contributed by atoms with Crippen LogP contribution in [-0.4, -0.2) is 52.2 Å². The SMILES string of the molecule is C=C1N(CCN)C2=C(CN(Cc3cccc(Br)c3)CC2)C(O)N1Cc1ccccc1Br. The van der Waals surface area contributed by atoms with Gasteiger partial charge in [0.15, 0.2) is 6.23 Å². The number of hydrogen-bond donors (Lipinski definition) is 2. The lowest BCUT2D eigenvalue weighted by atomic mass is 9.98. The molecule has 2 aromatic rings. The second kappa shape index (κ2) is 9.88. The zero-order chi connectivity index (χ0) is 22.0. The van der Waals surface area contributed by atoms with Crippen molar-refractivity contribution in [1.82, 2.24) is 14.7 Å². The average molecular weight is 548 g/mol. The zero-order valence-corrected chi connectivity index (χ0v) is 20.6. The van der Waals surface area contributed by atoms with E-state index in [2.05, 4.69) is 72.5 Å². The largest absolute Gasteiger partial charge is 0.369 e. The number of aliphatic hydroxyl groups excluding tert-OH is 1. The highest BCUT2D eigenvalue weighted by atomic mass is 79.9. The summed E-state index contributed by atoms with van der Waals surface area (Å²) in [6.45, 7) is 8.66. The maximum absolute atomic E-state index is 11.4. The highest BCUT2D eigenvalue weighted by Gasteiger charge is 2.37.